The van der Waals surface area contributed by atoms with Crippen LogP contribution in [-0.2, 0) is 28.6 Å². The van der Waals surface area contributed by atoms with E-state index in [4.69, 9.17) is 14.2 Å². The number of carbonyl (C=O) groups excluding carboxylic acids is 3. The number of rotatable bonds is 58. The second-order valence-electron chi connectivity index (χ2n) is 22.8. The van der Waals surface area contributed by atoms with Gasteiger partial charge in [-0.1, -0.05) is 324 Å². The van der Waals surface area contributed by atoms with E-state index >= 15 is 0 Å². The lowest BCUT2D eigenvalue weighted by atomic mass is 9.99. The minimum Gasteiger partial charge on any atom is -0.462 e. The van der Waals surface area contributed by atoms with Crippen molar-refractivity contribution in [1.82, 2.24) is 0 Å². The summed E-state index contributed by atoms with van der Waals surface area (Å²) in [6, 6.07) is 0. The van der Waals surface area contributed by atoms with E-state index in [0.29, 0.717) is 19.3 Å². The predicted octanol–water partition coefficient (Wildman–Crippen LogP) is 21.2. The highest BCUT2D eigenvalue weighted by Crippen LogP contribution is 2.19. The lowest BCUT2D eigenvalue weighted by Gasteiger charge is -2.18. The third-order valence-electron chi connectivity index (χ3n) is 15.1. The Bertz CT molecular complexity index is 1070. The summed E-state index contributed by atoms with van der Waals surface area (Å²) in [6.07, 6.45) is 62.4. The Morgan fingerprint density at radius 3 is 0.814 bits per heavy atom. The van der Waals surface area contributed by atoms with Crippen LogP contribution in [0.25, 0.3) is 0 Å². The van der Waals surface area contributed by atoms with Gasteiger partial charge in [0.1, 0.15) is 13.2 Å². The molecule has 0 saturated carbocycles. The summed E-state index contributed by atoms with van der Waals surface area (Å²) in [4.78, 5) is 38.2. The van der Waals surface area contributed by atoms with Gasteiger partial charge in [0, 0.05) is 19.3 Å². The smallest absolute Gasteiger partial charge is 0.306 e. The van der Waals surface area contributed by atoms with Crippen molar-refractivity contribution in [2.75, 3.05) is 13.2 Å². The maximum Gasteiger partial charge on any atom is 0.306 e. The number of ether oxygens (including phenoxy) is 3. The Kier molecular flexibility index (Phi) is 55.4. The van der Waals surface area contributed by atoms with Gasteiger partial charge in [0.05, 0.1) is 0 Å². The molecule has 0 spiro atoms. The number of carbonyl (C=O) groups is 3. The number of unbranched alkanes of at least 4 members (excludes halogenated alkanes) is 42. The molecule has 0 fully saturated rings. The molecule has 0 amide bonds. The topological polar surface area (TPSA) is 78.9 Å². The fourth-order valence-corrected chi connectivity index (χ4v) is 9.90. The molecular weight excluding hydrogens is 865 g/mol. The van der Waals surface area contributed by atoms with Crippen LogP contribution in [0.4, 0.5) is 0 Å². The Balaban J connectivity index is 4.21. The first-order valence-electron chi connectivity index (χ1n) is 31.8. The number of hydrogen-bond donors (Lipinski definition) is 0. The molecule has 6 heteroatoms. The molecule has 0 heterocycles. The molecular formula is C64H124O6. The fraction of sp³-hybridized carbons (Fsp3) is 0.953. The van der Waals surface area contributed by atoms with Gasteiger partial charge in [0.2, 0.25) is 0 Å². The van der Waals surface area contributed by atoms with E-state index in [1.165, 1.54) is 250 Å². The first-order valence-corrected chi connectivity index (χ1v) is 31.8. The van der Waals surface area contributed by atoms with Crippen LogP contribution in [0.5, 0.6) is 0 Å². The molecule has 70 heavy (non-hydrogen) atoms. The Labute approximate surface area is 438 Å². The largest absolute Gasteiger partial charge is 0.462 e. The molecule has 1 unspecified atom stereocenters. The van der Waals surface area contributed by atoms with Gasteiger partial charge in [0.15, 0.2) is 6.10 Å². The summed E-state index contributed by atoms with van der Waals surface area (Å²) < 4.78 is 16.9. The highest BCUT2D eigenvalue weighted by molar-refractivity contribution is 5.71. The molecule has 0 rings (SSSR count). The zero-order chi connectivity index (χ0) is 51.1. The van der Waals surface area contributed by atoms with E-state index in [1.807, 2.05) is 0 Å². The van der Waals surface area contributed by atoms with Crippen LogP contribution >= 0.6 is 0 Å². The van der Waals surface area contributed by atoms with E-state index in [0.717, 1.165) is 69.6 Å². The summed E-state index contributed by atoms with van der Waals surface area (Å²) in [5.41, 5.74) is 0. The van der Waals surface area contributed by atoms with E-state index in [9.17, 15) is 14.4 Å². The van der Waals surface area contributed by atoms with Crippen molar-refractivity contribution in [3.63, 3.8) is 0 Å². The zero-order valence-electron chi connectivity index (χ0n) is 48.2. The molecule has 2 atom stereocenters. The van der Waals surface area contributed by atoms with Crippen molar-refractivity contribution < 1.29 is 28.6 Å². The van der Waals surface area contributed by atoms with Crippen LogP contribution in [-0.4, -0.2) is 37.2 Å². The van der Waals surface area contributed by atoms with Gasteiger partial charge in [-0.3, -0.25) is 14.4 Å². The normalized spacial score (nSPS) is 12.4. The van der Waals surface area contributed by atoms with E-state index < -0.39 is 6.10 Å². The van der Waals surface area contributed by atoms with Crippen LogP contribution in [0.3, 0.4) is 0 Å². The molecule has 416 valence electrons. The van der Waals surface area contributed by atoms with Crippen molar-refractivity contribution in [3.05, 3.63) is 0 Å². The number of esters is 3. The summed E-state index contributed by atoms with van der Waals surface area (Å²) >= 11 is 0. The average molecular weight is 990 g/mol. The third kappa shape index (κ3) is 55.7. The molecule has 0 aliphatic rings. The van der Waals surface area contributed by atoms with Gasteiger partial charge < -0.3 is 14.2 Å². The minimum atomic E-state index is -0.763. The van der Waals surface area contributed by atoms with Crippen LogP contribution < -0.4 is 0 Å². The Morgan fingerprint density at radius 2 is 0.543 bits per heavy atom. The van der Waals surface area contributed by atoms with Gasteiger partial charge in [-0.05, 0) is 31.1 Å². The molecule has 0 aromatic carbocycles. The summed E-state index contributed by atoms with van der Waals surface area (Å²) in [6.45, 7) is 11.5. The maximum absolute atomic E-state index is 12.9. The molecule has 0 aliphatic carbocycles. The third-order valence-corrected chi connectivity index (χ3v) is 15.1. The second-order valence-corrected chi connectivity index (χ2v) is 22.8. The van der Waals surface area contributed by atoms with Crippen LogP contribution in [0.2, 0.25) is 0 Å². The summed E-state index contributed by atoms with van der Waals surface area (Å²) in [5, 5.41) is 0. The Hall–Kier alpha value is -1.59. The van der Waals surface area contributed by atoms with Gasteiger partial charge in [-0.15, -0.1) is 0 Å². The van der Waals surface area contributed by atoms with Crippen molar-refractivity contribution in [2.45, 2.75) is 368 Å². The van der Waals surface area contributed by atoms with Crippen LogP contribution in [0, 0.1) is 11.8 Å². The van der Waals surface area contributed by atoms with Crippen LogP contribution in [0.1, 0.15) is 362 Å². The first-order chi connectivity index (χ1) is 34.3. The van der Waals surface area contributed by atoms with Gasteiger partial charge in [-0.2, -0.15) is 0 Å². The van der Waals surface area contributed by atoms with Crippen molar-refractivity contribution in [2.24, 2.45) is 11.8 Å². The molecule has 0 N–H and O–H groups in total. The first kappa shape index (κ1) is 68.4. The van der Waals surface area contributed by atoms with Crippen molar-refractivity contribution >= 4 is 17.9 Å². The monoisotopic (exact) mass is 989 g/mol. The minimum absolute atomic E-state index is 0.0619. The van der Waals surface area contributed by atoms with Gasteiger partial charge in [-0.25, -0.2) is 0 Å². The lowest BCUT2D eigenvalue weighted by Crippen LogP contribution is -2.30. The predicted molar refractivity (Wildman–Crippen MR) is 303 cm³/mol. The molecule has 0 radical (unpaired) electrons. The van der Waals surface area contributed by atoms with Gasteiger partial charge >= 0.3 is 17.9 Å². The Morgan fingerprint density at radius 1 is 0.300 bits per heavy atom. The summed E-state index contributed by atoms with van der Waals surface area (Å²) in [7, 11) is 0. The standard InChI is InChI=1S/C64H124O6/c1-6-8-9-10-11-12-27-34-39-44-49-54-62(65)68-57-61(70-64(67)56-51-46-41-36-31-26-22-18-17-19-23-28-32-37-42-47-52-59(3)4)58-69-63(66)55-50-45-40-35-30-25-21-16-14-13-15-20-24-29-33-38-43-48-53-60(5)7-2/h59-61H,6-58H2,1-5H3/t60?,61-/m0/s1. The number of hydrogen-bond acceptors (Lipinski definition) is 6. The molecule has 6 nitrogen and oxygen atoms in total. The van der Waals surface area contributed by atoms with Gasteiger partial charge in [0.25, 0.3) is 0 Å². The second kappa shape index (κ2) is 56.7. The van der Waals surface area contributed by atoms with Crippen LogP contribution in [0.15, 0.2) is 0 Å². The van der Waals surface area contributed by atoms with Crippen molar-refractivity contribution in [3.8, 4) is 0 Å². The van der Waals surface area contributed by atoms with E-state index in [1.54, 1.807) is 0 Å². The quantitative estimate of drug-likeness (QED) is 0.0343. The van der Waals surface area contributed by atoms with E-state index in [2.05, 4.69) is 34.6 Å². The van der Waals surface area contributed by atoms with Crippen molar-refractivity contribution in [1.29, 1.82) is 0 Å². The average Bonchev–Trinajstić information content (AvgIpc) is 3.35. The molecule has 0 aromatic rings. The zero-order valence-corrected chi connectivity index (χ0v) is 48.2. The van der Waals surface area contributed by atoms with E-state index in [-0.39, 0.29) is 31.1 Å². The maximum atomic E-state index is 12.9. The molecule has 0 bridgehead atoms. The molecule has 0 aromatic heterocycles. The highest BCUT2D eigenvalue weighted by Gasteiger charge is 2.19. The highest BCUT2D eigenvalue weighted by atomic mass is 16.6. The molecule has 0 saturated heterocycles. The lowest BCUT2D eigenvalue weighted by molar-refractivity contribution is -0.167. The summed E-state index contributed by atoms with van der Waals surface area (Å²) in [5.74, 6) is 0.929. The SMILES string of the molecule is CCCCCCCCCCCCCC(=O)OC[C@@H](COC(=O)CCCCCCCCCCCCCCCCCCCCC(C)CC)OC(=O)CCCCCCCCCCCCCCCCCCC(C)C. The fourth-order valence-electron chi connectivity index (χ4n) is 9.90. The molecule has 0 aliphatic heterocycles.